The molecule has 4 nitrogen and oxygen atoms in total. The van der Waals surface area contributed by atoms with Crippen molar-refractivity contribution < 1.29 is 4.79 Å². The number of nitrogens with two attached hydrogens (primary N) is 1. The molecule has 1 fully saturated rings. The number of carbonyl (C=O) groups is 1. The van der Waals surface area contributed by atoms with Gasteiger partial charge in [-0.3, -0.25) is 4.79 Å². The fourth-order valence-electron chi connectivity index (χ4n) is 2.17. The summed E-state index contributed by atoms with van der Waals surface area (Å²) in [5.74, 6) is -0.0552. The van der Waals surface area contributed by atoms with Gasteiger partial charge in [-0.2, -0.15) is 0 Å². The third-order valence-corrected chi connectivity index (χ3v) is 4.62. The second kappa shape index (κ2) is 5.77. The fraction of sp³-hybridized carbons (Fsp3) is 0.312. The van der Waals surface area contributed by atoms with Gasteiger partial charge in [0.15, 0.2) is 0 Å². The van der Waals surface area contributed by atoms with Crippen LogP contribution in [0.15, 0.2) is 36.4 Å². The molecule has 1 aromatic heterocycles. The third-order valence-electron chi connectivity index (χ3n) is 3.54. The number of anilines is 2. The summed E-state index contributed by atoms with van der Waals surface area (Å²) < 4.78 is 0. The van der Waals surface area contributed by atoms with Gasteiger partial charge in [0.1, 0.15) is 4.88 Å². The predicted octanol–water partition coefficient (Wildman–Crippen LogP) is 3.40. The van der Waals surface area contributed by atoms with E-state index in [9.17, 15) is 4.79 Å². The molecule has 0 saturated heterocycles. The van der Waals surface area contributed by atoms with E-state index in [0.29, 0.717) is 16.6 Å². The molecule has 3 rings (SSSR count). The van der Waals surface area contributed by atoms with Gasteiger partial charge in [0, 0.05) is 12.1 Å². The molecule has 21 heavy (non-hydrogen) atoms. The summed E-state index contributed by atoms with van der Waals surface area (Å²) in [6, 6.07) is 12.5. The van der Waals surface area contributed by atoms with Gasteiger partial charge in [-0.15, -0.1) is 11.3 Å². The number of hydrogen-bond acceptors (Lipinski definition) is 4. The largest absolute Gasteiger partial charge is 0.397 e. The molecule has 0 bridgehead atoms. The predicted molar refractivity (Wildman–Crippen MR) is 87.7 cm³/mol. The Morgan fingerprint density at radius 2 is 2.05 bits per heavy atom. The standard InChI is InChI=1S/C16H19N3OS/c1-10(11-5-3-2-4-6-11)18-14-9-13(17)15(21-14)16(20)19-12-7-8-12/h2-6,9-10,12,18H,7-8,17H2,1H3,(H,19,20). The van der Waals surface area contributed by atoms with Gasteiger partial charge in [0.2, 0.25) is 0 Å². The van der Waals surface area contributed by atoms with E-state index in [1.54, 1.807) is 0 Å². The summed E-state index contributed by atoms with van der Waals surface area (Å²) in [6.45, 7) is 2.09. The van der Waals surface area contributed by atoms with E-state index >= 15 is 0 Å². The molecule has 1 aliphatic rings. The minimum atomic E-state index is -0.0552. The lowest BCUT2D eigenvalue weighted by molar-refractivity contribution is 0.0956. The lowest BCUT2D eigenvalue weighted by Gasteiger charge is -2.13. The molecule has 1 saturated carbocycles. The van der Waals surface area contributed by atoms with Crippen molar-refractivity contribution in [2.45, 2.75) is 31.8 Å². The Kier molecular flexibility index (Phi) is 3.84. The first-order valence-corrected chi connectivity index (χ1v) is 7.97. The van der Waals surface area contributed by atoms with Crippen LogP contribution in [0.25, 0.3) is 0 Å². The minimum Gasteiger partial charge on any atom is -0.397 e. The summed E-state index contributed by atoms with van der Waals surface area (Å²) in [4.78, 5) is 12.7. The van der Waals surface area contributed by atoms with Crippen molar-refractivity contribution >= 4 is 27.9 Å². The van der Waals surface area contributed by atoms with Crippen LogP contribution in [0.5, 0.6) is 0 Å². The second-order valence-electron chi connectivity index (χ2n) is 5.42. The Bertz CT molecular complexity index is 634. The topological polar surface area (TPSA) is 67.1 Å². The molecular formula is C16H19N3OS. The summed E-state index contributed by atoms with van der Waals surface area (Å²) in [5, 5.41) is 7.30. The van der Waals surface area contributed by atoms with Gasteiger partial charge in [-0.25, -0.2) is 0 Å². The van der Waals surface area contributed by atoms with Crippen LogP contribution in [0.1, 0.15) is 41.0 Å². The first-order chi connectivity index (χ1) is 10.1. The van der Waals surface area contributed by atoms with E-state index < -0.39 is 0 Å². The highest BCUT2D eigenvalue weighted by molar-refractivity contribution is 7.18. The second-order valence-corrected chi connectivity index (χ2v) is 6.47. The average Bonchev–Trinajstić information content (AvgIpc) is 3.21. The smallest absolute Gasteiger partial charge is 0.263 e. The Labute approximate surface area is 128 Å². The average molecular weight is 301 g/mol. The highest BCUT2D eigenvalue weighted by Gasteiger charge is 2.25. The highest BCUT2D eigenvalue weighted by Crippen LogP contribution is 2.32. The monoisotopic (exact) mass is 301 g/mol. The molecule has 1 heterocycles. The summed E-state index contributed by atoms with van der Waals surface area (Å²) in [7, 11) is 0. The Balaban J connectivity index is 1.70. The number of rotatable bonds is 5. The van der Waals surface area contributed by atoms with Gasteiger partial charge in [0.25, 0.3) is 5.91 Å². The van der Waals surface area contributed by atoms with E-state index in [1.165, 1.54) is 16.9 Å². The van der Waals surface area contributed by atoms with Crippen molar-refractivity contribution in [3.05, 3.63) is 46.8 Å². The number of hydrogen-bond donors (Lipinski definition) is 3. The van der Waals surface area contributed by atoms with Gasteiger partial charge in [-0.05, 0) is 31.4 Å². The number of nitrogens with one attached hydrogen (secondary N) is 2. The first-order valence-electron chi connectivity index (χ1n) is 7.15. The summed E-state index contributed by atoms with van der Waals surface area (Å²) >= 11 is 1.41. The molecule has 0 spiro atoms. The molecule has 5 heteroatoms. The van der Waals surface area contributed by atoms with Crippen LogP contribution in [0, 0.1) is 0 Å². The molecule has 1 unspecified atom stereocenters. The number of benzene rings is 1. The number of carbonyl (C=O) groups excluding carboxylic acids is 1. The van der Waals surface area contributed by atoms with Gasteiger partial charge < -0.3 is 16.4 Å². The van der Waals surface area contributed by atoms with Crippen LogP contribution in [0.2, 0.25) is 0 Å². The van der Waals surface area contributed by atoms with E-state index in [0.717, 1.165) is 17.8 Å². The molecule has 4 N–H and O–H groups in total. The lowest BCUT2D eigenvalue weighted by Crippen LogP contribution is -2.25. The molecule has 0 radical (unpaired) electrons. The molecule has 1 aliphatic carbocycles. The fourth-order valence-corrected chi connectivity index (χ4v) is 3.14. The Morgan fingerprint density at radius 1 is 1.33 bits per heavy atom. The van der Waals surface area contributed by atoms with E-state index in [2.05, 4.69) is 29.7 Å². The molecule has 0 aliphatic heterocycles. The molecule has 110 valence electrons. The summed E-state index contributed by atoms with van der Waals surface area (Å²) in [5.41, 5.74) is 7.71. The zero-order chi connectivity index (χ0) is 14.8. The van der Waals surface area contributed by atoms with E-state index in [-0.39, 0.29) is 11.9 Å². The van der Waals surface area contributed by atoms with Crippen molar-refractivity contribution in [3.8, 4) is 0 Å². The molecular weight excluding hydrogens is 282 g/mol. The molecule has 1 aromatic carbocycles. The van der Waals surface area contributed by atoms with Crippen molar-refractivity contribution in [1.29, 1.82) is 0 Å². The lowest BCUT2D eigenvalue weighted by atomic mass is 10.1. The van der Waals surface area contributed by atoms with Gasteiger partial charge in [0.05, 0.1) is 10.7 Å². The number of thiophene rings is 1. The maximum Gasteiger partial charge on any atom is 0.263 e. The number of amides is 1. The van der Waals surface area contributed by atoms with Crippen molar-refractivity contribution in [1.82, 2.24) is 5.32 Å². The van der Waals surface area contributed by atoms with Gasteiger partial charge >= 0.3 is 0 Å². The van der Waals surface area contributed by atoms with E-state index in [4.69, 9.17) is 5.73 Å². The summed E-state index contributed by atoms with van der Waals surface area (Å²) in [6.07, 6.45) is 2.15. The van der Waals surface area contributed by atoms with Crippen LogP contribution >= 0.6 is 11.3 Å². The van der Waals surface area contributed by atoms with Crippen molar-refractivity contribution in [3.63, 3.8) is 0 Å². The molecule has 1 amide bonds. The van der Waals surface area contributed by atoms with Crippen LogP contribution in [0.4, 0.5) is 10.7 Å². The SMILES string of the molecule is CC(Nc1cc(N)c(C(=O)NC2CC2)s1)c1ccccc1. The van der Waals surface area contributed by atoms with Crippen LogP contribution in [-0.2, 0) is 0 Å². The Hall–Kier alpha value is -2.01. The van der Waals surface area contributed by atoms with Crippen LogP contribution in [0.3, 0.4) is 0 Å². The molecule has 1 atom stereocenters. The maximum absolute atomic E-state index is 12.1. The minimum absolute atomic E-state index is 0.0552. The Morgan fingerprint density at radius 3 is 2.71 bits per heavy atom. The first kappa shape index (κ1) is 13.9. The van der Waals surface area contributed by atoms with Gasteiger partial charge in [-0.1, -0.05) is 30.3 Å². The van der Waals surface area contributed by atoms with Crippen LogP contribution < -0.4 is 16.4 Å². The highest BCUT2D eigenvalue weighted by atomic mass is 32.1. The van der Waals surface area contributed by atoms with Crippen molar-refractivity contribution in [2.24, 2.45) is 0 Å². The zero-order valence-corrected chi connectivity index (χ0v) is 12.7. The normalized spacial score (nSPS) is 15.5. The van der Waals surface area contributed by atoms with Crippen LogP contribution in [-0.4, -0.2) is 11.9 Å². The molecule has 2 aromatic rings. The third kappa shape index (κ3) is 3.36. The van der Waals surface area contributed by atoms with Crippen molar-refractivity contribution in [2.75, 3.05) is 11.1 Å². The van der Waals surface area contributed by atoms with E-state index in [1.807, 2.05) is 24.3 Å². The zero-order valence-electron chi connectivity index (χ0n) is 11.9. The maximum atomic E-state index is 12.1. The quantitative estimate of drug-likeness (QED) is 0.793. The number of nitrogen functional groups attached to an aromatic ring is 1.